The summed E-state index contributed by atoms with van der Waals surface area (Å²) in [4.78, 5) is 0. The Morgan fingerprint density at radius 2 is 1.91 bits per heavy atom. The van der Waals surface area contributed by atoms with E-state index in [0.29, 0.717) is 16.7 Å². The number of hydrogen-bond acceptors (Lipinski definition) is 1. The van der Waals surface area contributed by atoms with Crippen molar-refractivity contribution in [1.29, 1.82) is 0 Å². The second-order valence-electron chi connectivity index (χ2n) is 5.31. The van der Waals surface area contributed by atoms with Crippen LogP contribution in [0.15, 0.2) is 54.6 Å². The third kappa shape index (κ3) is 5.45. The lowest BCUT2D eigenvalue weighted by atomic mass is 9.97. The molecule has 0 aromatic heterocycles. The first kappa shape index (κ1) is 16.4. The van der Waals surface area contributed by atoms with Gasteiger partial charge in [-0.15, -0.1) is 0 Å². The van der Waals surface area contributed by atoms with Crippen LogP contribution in [-0.2, 0) is 6.42 Å². The molecule has 0 radical (unpaired) electrons. The van der Waals surface area contributed by atoms with Crippen LogP contribution in [0.2, 0.25) is 0 Å². The number of benzene rings is 2. The summed E-state index contributed by atoms with van der Waals surface area (Å²) in [5.41, 5.74) is 1.99. The number of nitrogens with one attached hydrogen (secondary N) is 2. The highest BCUT2D eigenvalue weighted by Gasteiger charge is 2.08. The first-order valence-electron chi connectivity index (χ1n) is 7.51. The fraction of sp³-hybridized carbons (Fsp3) is 0.278. The molecule has 2 nitrogen and oxygen atoms in total. The molecule has 1 unspecified atom stereocenters. The van der Waals surface area contributed by atoms with Crippen molar-refractivity contribution in [3.05, 3.63) is 66.0 Å². The monoisotopic (exact) mass is 316 g/mol. The normalized spacial score (nSPS) is 11.7. The molecule has 2 aromatic rings. The Bertz CT molecular complexity index is 601. The average molecular weight is 316 g/mol. The van der Waals surface area contributed by atoms with Crippen molar-refractivity contribution >= 4 is 23.0 Å². The summed E-state index contributed by atoms with van der Waals surface area (Å²) in [7, 11) is 0. The molecule has 0 fully saturated rings. The van der Waals surface area contributed by atoms with Gasteiger partial charge in [0.1, 0.15) is 5.82 Å². The molecular weight excluding hydrogens is 295 g/mol. The van der Waals surface area contributed by atoms with Crippen LogP contribution in [0.5, 0.6) is 0 Å². The SMILES string of the molecule is CCC(CNC(=S)Nc1cccc(F)c1)Cc1ccccc1. The second kappa shape index (κ2) is 8.49. The molecular formula is C18H21FN2S. The maximum atomic E-state index is 13.1. The summed E-state index contributed by atoms with van der Waals surface area (Å²) in [6, 6.07) is 16.7. The summed E-state index contributed by atoms with van der Waals surface area (Å²) in [6.45, 7) is 2.98. The van der Waals surface area contributed by atoms with Crippen LogP contribution in [0.3, 0.4) is 0 Å². The number of hydrogen-bond donors (Lipinski definition) is 2. The van der Waals surface area contributed by atoms with Gasteiger partial charge in [-0.25, -0.2) is 4.39 Å². The van der Waals surface area contributed by atoms with Gasteiger partial charge in [-0.3, -0.25) is 0 Å². The van der Waals surface area contributed by atoms with Gasteiger partial charge in [0.05, 0.1) is 0 Å². The zero-order chi connectivity index (χ0) is 15.8. The van der Waals surface area contributed by atoms with Gasteiger partial charge in [0.15, 0.2) is 5.11 Å². The van der Waals surface area contributed by atoms with Gasteiger partial charge in [-0.2, -0.15) is 0 Å². The van der Waals surface area contributed by atoms with Gasteiger partial charge in [0.2, 0.25) is 0 Å². The first-order valence-corrected chi connectivity index (χ1v) is 7.92. The molecule has 2 N–H and O–H groups in total. The first-order chi connectivity index (χ1) is 10.7. The number of thiocarbonyl (C=S) groups is 1. The van der Waals surface area contributed by atoms with Crippen molar-refractivity contribution in [3.63, 3.8) is 0 Å². The highest BCUT2D eigenvalue weighted by Crippen LogP contribution is 2.12. The molecule has 0 heterocycles. The summed E-state index contributed by atoms with van der Waals surface area (Å²) < 4.78 is 13.1. The van der Waals surface area contributed by atoms with Crippen molar-refractivity contribution in [3.8, 4) is 0 Å². The Morgan fingerprint density at radius 3 is 2.59 bits per heavy atom. The number of halogens is 1. The molecule has 4 heteroatoms. The van der Waals surface area contributed by atoms with E-state index in [0.717, 1.165) is 19.4 Å². The molecule has 2 rings (SSSR count). The largest absolute Gasteiger partial charge is 0.362 e. The molecule has 1 atom stereocenters. The van der Waals surface area contributed by atoms with Gasteiger partial charge in [0.25, 0.3) is 0 Å². The zero-order valence-corrected chi connectivity index (χ0v) is 13.5. The summed E-state index contributed by atoms with van der Waals surface area (Å²) in [5, 5.41) is 6.75. The Kier molecular flexibility index (Phi) is 6.34. The van der Waals surface area contributed by atoms with E-state index in [9.17, 15) is 4.39 Å². The van der Waals surface area contributed by atoms with Crippen molar-refractivity contribution in [2.24, 2.45) is 5.92 Å². The molecule has 0 amide bonds. The zero-order valence-electron chi connectivity index (χ0n) is 12.7. The van der Waals surface area contributed by atoms with Crippen molar-refractivity contribution < 1.29 is 4.39 Å². The molecule has 0 spiro atoms. The van der Waals surface area contributed by atoms with E-state index in [1.807, 2.05) is 6.07 Å². The predicted molar refractivity (Wildman–Crippen MR) is 94.6 cm³/mol. The van der Waals surface area contributed by atoms with E-state index in [1.165, 1.54) is 17.7 Å². The lowest BCUT2D eigenvalue weighted by Crippen LogP contribution is -2.33. The van der Waals surface area contributed by atoms with Gasteiger partial charge < -0.3 is 10.6 Å². The van der Waals surface area contributed by atoms with E-state index < -0.39 is 0 Å². The molecule has 116 valence electrons. The van der Waals surface area contributed by atoms with Crippen LogP contribution in [-0.4, -0.2) is 11.7 Å². The van der Waals surface area contributed by atoms with Crippen molar-refractivity contribution in [2.45, 2.75) is 19.8 Å². The lowest BCUT2D eigenvalue weighted by Gasteiger charge is -2.17. The lowest BCUT2D eigenvalue weighted by molar-refractivity contribution is 0.498. The number of rotatable bonds is 6. The van der Waals surface area contributed by atoms with Gasteiger partial charge in [-0.1, -0.05) is 49.7 Å². The fourth-order valence-electron chi connectivity index (χ4n) is 2.29. The van der Waals surface area contributed by atoms with Crippen molar-refractivity contribution in [2.75, 3.05) is 11.9 Å². The van der Waals surface area contributed by atoms with Crippen LogP contribution < -0.4 is 10.6 Å². The molecule has 0 bridgehead atoms. The van der Waals surface area contributed by atoms with Crippen LogP contribution in [0.1, 0.15) is 18.9 Å². The predicted octanol–water partition coefficient (Wildman–Crippen LogP) is 4.38. The Morgan fingerprint density at radius 1 is 1.14 bits per heavy atom. The fourth-order valence-corrected chi connectivity index (χ4v) is 2.49. The second-order valence-corrected chi connectivity index (χ2v) is 5.72. The van der Waals surface area contributed by atoms with Crippen LogP contribution in [0.4, 0.5) is 10.1 Å². The molecule has 0 aliphatic carbocycles. The number of anilines is 1. The van der Waals surface area contributed by atoms with E-state index >= 15 is 0 Å². The standard InChI is InChI=1S/C18H21FN2S/c1-2-14(11-15-7-4-3-5-8-15)13-20-18(22)21-17-10-6-9-16(19)12-17/h3-10,12,14H,2,11,13H2,1H3,(H2,20,21,22). The molecule has 0 aliphatic heterocycles. The summed E-state index contributed by atoms with van der Waals surface area (Å²) in [6.07, 6.45) is 2.09. The van der Waals surface area contributed by atoms with E-state index in [-0.39, 0.29) is 5.82 Å². The highest BCUT2D eigenvalue weighted by atomic mass is 32.1. The average Bonchev–Trinajstić information content (AvgIpc) is 2.52. The molecule has 22 heavy (non-hydrogen) atoms. The van der Waals surface area contributed by atoms with E-state index in [1.54, 1.807) is 12.1 Å². The minimum Gasteiger partial charge on any atom is -0.362 e. The quantitative estimate of drug-likeness (QED) is 0.773. The van der Waals surface area contributed by atoms with Gasteiger partial charge in [0, 0.05) is 12.2 Å². The highest BCUT2D eigenvalue weighted by molar-refractivity contribution is 7.80. The Labute approximate surface area is 136 Å². The Hall–Kier alpha value is -1.94. The molecule has 0 saturated heterocycles. The smallest absolute Gasteiger partial charge is 0.170 e. The summed E-state index contributed by atoms with van der Waals surface area (Å²) in [5.74, 6) is 0.234. The van der Waals surface area contributed by atoms with Crippen LogP contribution >= 0.6 is 12.2 Å². The third-order valence-electron chi connectivity index (χ3n) is 3.58. The van der Waals surface area contributed by atoms with Crippen LogP contribution in [0.25, 0.3) is 0 Å². The molecule has 0 saturated carbocycles. The minimum absolute atomic E-state index is 0.275. The third-order valence-corrected chi connectivity index (χ3v) is 3.82. The van der Waals surface area contributed by atoms with E-state index in [2.05, 4.69) is 41.8 Å². The molecule has 0 aliphatic rings. The summed E-state index contributed by atoms with van der Waals surface area (Å²) >= 11 is 5.27. The van der Waals surface area contributed by atoms with E-state index in [4.69, 9.17) is 12.2 Å². The Balaban J connectivity index is 1.81. The maximum absolute atomic E-state index is 13.1. The maximum Gasteiger partial charge on any atom is 0.170 e. The minimum atomic E-state index is -0.275. The van der Waals surface area contributed by atoms with Gasteiger partial charge in [-0.05, 0) is 48.3 Å². The topological polar surface area (TPSA) is 24.1 Å². The van der Waals surface area contributed by atoms with Crippen LogP contribution in [0, 0.1) is 11.7 Å². The van der Waals surface area contributed by atoms with Crippen molar-refractivity contribution in [1.82, 2.24) is 5.32 Å². The molecule has 2 aromatic carbocycles. The van der Waals surface area contributed by atoms with Gasteiger partial charge >= 0.3 is 0 Å².